The molecule has 0 aromatic heterocycles. The number of amides is 1. The zero-order valence-electron chi connectivity index (χ0n) is 11.2. The van der Waals surface area contributed by atoms with E-state index in [4.69, 9.17) is 9.84 Å². The first-order valence-electron chi connectivity index (χ1n) is 6.53. The minimum Gasteiger partial charge on any atom is -0.481 e. The summed E-state index contributed by atoms with van der Waals surface area (Å²) in [6.07, 6.45) is -0.853. The number of rotatable bonds is 4. The van der Waals surface area contributed by atoms with Crippen LogP contribution in [0.1, 0.15) is 24.5 Å². The van der Waals surface area contributed by atoms with E-state index >= 15 is 0 Å². The fourth-order valence-corrected chi connectivity index (χ4v) is 2.16. The molecule has 1 heterocycles. The van der Waals surface area contributed by atoms with E-state index in [1.165, 1.54) is 11.0 Å². The summed E-state index contributed by atoms with van der Waals surface area (Å²) in [6.45, 7) is 0.824. The maximum Gasteiger partial charge on any atom is 0.303 e. The van der Waals surface area contributed by atoms with E-state index < -0.39 is 23.7 Å². The summed E-state index contributed by atoms with van der Waals surface area (Å²) in [6, 6.07) is 3.47. The average molecular weight is 299 g/mol. The number of ether oxygens (including phenoxy) is 1. The quantitative estimate of drug-likeness (QED) is 0.919. The van der Waals surface area contributed by atoms with Crippen molar-refractivity contribution in [1.82, 2.24) is 4.90 Å². The molecule has 0 aliphatic carbocycles. The summed E-state index contributed by atoms with van der Waals surface area (Å²) in [7, 11) is 0. The number of carbonyl (C=O) groups is 2. The average Bonchev–Trinajstić information content (AvgIpc) is 2.47. The van der Waals surface area contributed by atoms with Gasteiger partial charge in [-0.25, -0.2) is 8.78 Å². The maximum absolute atomic E-state index is 13.2. The van der Waals surface area contributed by atoms with Crippen molar-refractivity contribution in [1.29, 1.82) is 0 Å². The zero-order valence-corrected chi connectivity index (χ0v) is 11.2. The van der Waals surface area contributed by atoms with Gasteiger partial charge >= 0.3 is 5.97 Å². The van der Waals surface area contributed by atoms with Gasteiger partial charge in [-0.1, -0.05) is 6.07 Å². The predicted octanol–water partition coefficient (Wildman–Crippen LogP) is 1.73. The minimum absolute atomic E-state index is 0.0835. The number of carboxylic acids is 1. The zero-order chi connectivity index (χ0) is 15.4. The molecule has 0 bridgehead atoms. The highest BCUT2D eigenvalue weighted by Gasteiger charge is 2.26. The summed E-state index contributed by atoms with van der Waals surface area (Å²) >= 11 is 0. The van der Waals surface area contributed by atoms with Crippen LogP contribution in [-0.2, 0) is 14.3 Å². The number of benzene rings is 1. The molecule has 114 valence electrons. The Labute approximate surface area is 120 Å². The van der Waals surface area contributed by atoms with Gasteiger partial charge in [-0.3, -0.25) is 9.59 Å². The van der Waals surface area contributed by atoms with Gasteiger partial charge in [-0.05, 0) is 17.7 Å². The van der Waals surface area contributed by atoms with Crippen LogP contribution in [0.2, 0.25) is 0 Å². The summed E-state index contributed by atoms with van der Waals surface area (Å²) < 4.78 is 31.6. The highest BCUT2D eigenvalue weighted by atomic mass is 19.2. The van der Waals surface area contributed by atoms with Gasteiger partial charge in [0, 0.05) is 13.0 Å². The van der Waals surface area contributed by atoms with E-state index in [1.54, 1.807) is 0 Å². The first-order chi connectivity index (χ1) is 9.97. The van der Waals surface area contributed by atoms with Crippen molar-refractivity contribution in [3.8, 4) is 0 Å². The molecular weight excluding hydrogens is 284 g/mol. The molecule has 7 heteroatoms. The van der Waals surface area contributed by atoms with Crippen LogP contribution >= 0.6 is 0 Å². The molecule has 21 heavy (non-hydrogen) atoms. The lowest BCUT2D eigenvalue weighted by Gasteiger charge is -2.33. The molecule has 1 aliphatic heterocycles. The number of hydrogen-bond acceptors (Lipinski definition) is 3. The van der Waals surface area contributed by atoms with E-state index in [-0.39, 0.29) is 31.9 Å². The topological polar surface area (TPSA) is 66.8 Å². The van der Waals surface area contributed by atoms with Crippen molar-refractivity contribution in [2.45, 2.75) is 18.9 Å². The number of nitrogens with zero attached hydrogens (tertiary/aromatic N) is 1. The molecule has 1 amide bonds. The summed E-state index contributed by atoms with van der Waals surface area (Å²) in [5.41, 5.74) is 0.449. The van der Waals surface area contributed by atoms with Crippen molar-refractivity contribution in [2.75, 3.05) is 19.7 Å². The van der Waals surface area contributed by atoms with Crippen LogP contribution in [-0.4, -0.2) is 41.6 Å². The number of aliphatic carboxylic acids is 1. The van der Waals surface area contributed by atoms with Gasteiger partial charge in [0.15, 0.2) is 11.6 Å². The summed E-state index contributed by atoms with van der Waals surface area (Å²) in [5, 5.41) is 8.57. The Morgan fingerprint density at radius 2 is 2.05 bits per heavy atom. The normalized spacial score (nSPS) is 18.6. The molecule has 1 unspecified atom stereocenters. The van der Waals surface area contributed by atoms with E-state index in [0.29, 0.717) is 12.1 Å². The van der Waals surface area contributed by atoms with Gasteiger partial charge in [0.05, 0.1) is 19.6 Å². The van der Waals surface area contributed by atoms with Crippen LogP contribution in [0.4, 0.5) is 8.78 Å². The molecule has 1 saturated heterocycles. The fraction of sp³-hybridized carbons (Fsp3) is 0.429. The van der Waals surface area contributed by atoms with Gasteiger partial charge in [0.2, 0.25) is 5.91 Å². The smallest absolute Gasteiger partial charge is 0.303 e. The molecule has 1 atom stereocenters. The van der Waals surface area contributed by atoms with Crippen LogP contribution in [0, 0.1) is 11.6 Å². The number of carboxylic acid groups (broad SMARTS) is 1. The van der Waals surface area contributed by atoms with Gasteiger partial charge in [0.25, 0.3) is 0 Å². The van der Waals surface area contributed by atoms with Crippen LogP contribution in [0.5, 0.6) is 0 Å². The van der Waals surface area contributed by atoms with Gasteiger partial charge in [0.1, 0.15) is 6.10 Å². The van der Waals surface area contributed by atoms with Crippen molar-refractivity contribution < 1.29 is 28.2 Å². The molecule has 1 N–H and O–H groups in total. The molecule has 0 spiro atoms. The minimum atomic E-state index is -1.03. The molecule has 1 fully saturated rings. The van der Waals surface area contributed by atoms with E-state index in [9.17, 15) is 18.4 Å². The van der Waals surface area contributed by atoms with Crippen molar-refractivity contribution in [3.05, 3.63) is 35.4 Å². The van der Waals surface area contributed by atoms with E-state index in [1.807, 2.05) is 0 Å². The highest BCUT2D eigenvalue weighted by molar-refractivity contribution is 5.80. The lowest BCUT2D eigenvalue weighted by molar-refractivity contribution is -0.144. The molecule has 0 saturated carbocycles. The summed E-state index contributed by atoms with van der Waals surface area (Å²) in [4.78, 5) is 23.8. The predicted molar refractivity (Wildman–Crippen MR) is 68.5 cm³/mol. The Bertz CT molecular complexity index is 550. The number of hydrogen-bond donors (Lipinski definition) is 1. The second-order valence-corrected chi connectivity index (χ2v) is 4.77. The van der Waals surface area contributed by atoms with Crippen LogP contribution in [0.3, 0.4) is 0 Å². The Morgan fingerprint density at radius 1 is 1.29 bits per heavy atom. The molecule has 0 radical (unpaired) electrons. The third-order valence-electron chi connectivity index (χ3n) is 3.29. The Morgan fingerprint density at radius 3 is 2.71 bits per heavy atom. The Hall–Kier alpha value is -2.02. The second kappa shape index (κ2) is 6.62. The van der Waals surface area contributed by atoms with Crippen LogP contribution < -0.4 is 0 Å². The van der Waals surface area contributed by atoms with E-state index in [0.717, 1.165) is 12.1 Å². The first-order valence-corrected chi connectivity index (χ1v) is 6.53. The van der Waals surface area contributed by atoms with Crippen LogP contribution in [0.15, 0.2) is 18.2 Å². The SMILES string of the molecule is O=C(O)CCC(=O)N1CCOC(c2ccc(F)c(F)c2)C1. The Balaban J connectivity index is 2.01. The maximum atomic E-state index is 13.2. The number of carbonyl (C=O) groups excluding carboxylic acids is 1. The lowest BCUT2D eigenvalue weighted by atomic mass is 10.1. The second-order valence-electron chi connectivity index (χ2n) is 4.77. The molecule has 1 aromatic carbocycles. The third kappa shape index (κ3) is 3.98. The molecule has 1 aromatic rings. The fourth-order valence-electron chi connectivity index (χ4n) is 2.16. The molecule has 1 aliphatic rings. The first kappa shape index (κ1) is 15.4. The molecular formula is C14H15F2NO4. The van der Waals surface area contributed by atoms with Crippen molar-refractivity contribution in [3.63, 3.8) is 0 Å². The van der Waals surface area contributed by atoms with Gasteiger partial charge in [-0.15, -0.1) is 0 Å². The monoisotopic (exact) mass is 299 g/mol. The third-order valence-corrected chi connectivity index (χ3v) is 3.29. The highest BCUT2D eigenvalue weighted by Crippen LogP contribution is 2.24. The largest absolute Gasteiger partial charge is 0.481 e. The van der Waals surface area contributed by atoms with E-state index in [2.05, 4.69) is 0 Å². The Kier molecular flexibility index (Phi) is 4.85. The van der Waals surface area contributed by atoms with Crippen molar-refractivity contribution >= 4 is 11.9 Å². The van der Waals surface area contributed by atoms with Crippen LogP contribution in [0.25, 0.3) is 0 Å². The number of halogens is 2. The van der Waals surface area contributed by atoms with Crippen molar-refractivity contribution in [2.24, 2.45) is 0 Å². The van der Waals surface area contributed by atoms with Gasteiger partial charge < -0.3 is 14.7 Å². The number of morpholine rings is 1. The standard InChI is InChI=1S/C14H15F2NO4/c15-10-2-1-9(7-11(10)16)12-8-17(5-6-21-12)13(18)3-4-14(19)20/h1-2,7,12H,3-6,8H2,(H,19,20). The summed E-state index contributed by atoms with van der Waals surface area (Å²) in [5.74, 6) is -3.23. The lowest BCUT2D eigenvalue weighted by Crippen LogP contribution is -2.42. The molecule has 2 rings (SSSR count). The molecule has 5 nitrogen and oxygen atoms in total. The van der Waals surface area contributed by atoms with Gasteiger partial charge in [-0.2, -0.15) is 0 Å².